The summed E-state index contributed by atoms with van der Waals surface area (Å²) < 4.78 is 49.9. The molecule has 3 atom stereocenters. The Kier molecular flexibility index (Phi) is 7.26. The molecule has 1 N–H and O–H groups in total. The van der Waals surface area contributed by atoms with Crippen molar-refractivity contribution in [1.82, 2.24) is 5.32 Å². The highest BCUT2D eigenvalue weighted by atomic mass is 35.5. The maximum Gasteiger partial charge on any atom is 0.415 e. The molecular formula is C28H30ClF3N2O2. The van der Waals surface area contributed by atoms with E-state index in [0.717, 1.165) is 22.9 Å². The van der Waals surface area contributed by atoms with Gasteiger partial charge in [-0.1, -0.05) is 60.2 Å². The lowest BCUT2D eigenvalue weighted by atomic mass is 9.68. The fraction of sp³-hybridized carbons (Fsp3) is 0.393. The molecule has 8 heteroatoms. The van der Waals surface area contributed by atoms with Crippen molar-refractivity contribution in [3.63, 3.8) is 0 Å². The zero-order valence-electron chi connectivity index (χ0n) is 20.5. The molecule has 1 aliphatic heterocycles. The molecule has 1 aliphatic carbocycles. The molecule has 4 rings (SSSR count). The van der Waals surface area contributed by atoms with Crippen LogP contribution in [0.5, 0.6) is 0 Å². The van der Waals surface area contributed by atoms with Crippen molar-refractivity contribution >= 4 is 23.2 Å². The summed E-state index contributed by atoms with van der Waals surface area (Å²) in [6, 6.07) is 14.6. The number of methoxy groups -OCH3 is 1. The van der Waals surface area contributed by atoms with Gasteiger partial charge in [-0.15, -0.1) is 0 Å². The molecule has 0 spiro atoms. The summed E-state index contributed by atoms with van der Waals surface area (Å²) in [5, 5.41) is 3.17. The van der Waals surface area contributed by atoms with Gasteiger partial charge in [0.05, 0.1) is 11.0 Å². The summed E-state index contributed by atoms with van der Waals surface area (Å²) in [5.41, 5.74) is -1.37. The van der Waals surface area contributed by atoms with Gasteiger partial charge in [0.2, 0.25) is 5.91 Å². The van der Waals surface area contributed by atoms with Crippen molar-refractivity contribution in [3.8, 4) is 0 Å². The number of amides is 1. The number of halogens is 4. The number of ether oxygens (including phenoxy) is 1. The van der Waals surface area contributed by atoms with Crippen LogP contribution in [0.1, 0.15) is 17.5 Å². The lowest BCUT2D eigenvalue weighted by Crippen LogP contribution is -2.51. The highest BCUT2D eigenvalue weighted by Crippen LogP contribution is 2.50. The van der Waals surface area contributed by atoms with E-state index in [1.54, 1.807) is 36.4 Å². The van der Waals surface area contributed by atoms with E-state index in [1.165, 1.54) is 20.2 Å². The van der Waals surface area contributed by atoms with Crippen LogP contribution in [0.4, 0.5) is 18.9 Å². The van der Waals surface area contributed by atoms with E-state index in [4.69, 9.17) is 16.3 Å². The summed E-state index contributed by atoms with van der Waals surface area (Å²) in [7, 11) is 2.75. The summed E-state index contributed by atoms with van der Waals surface area (Å²) in [6.45, 7) is 2.89. The molecule has 4 nitrogen and oxygen atoms in total. The largest absolute Gasteiger partial charge is 0.415 e. The molecule has 36 heavy (non-hydrogen) atoms. The Morgan fingerprint density at radius 1 is 1.19 bits per heavy atom. The van der Waals surface area contributed by atoms with E-state index in [0.29, 0.717) is 24.5 Å². The fourth-order valence-corrected chi connectivity index (χ4v) is 5.81. The Balaban J connectivity index is 1.75. The number of benzene rings is 2. The Bertz CT molecular complexity index is 1180. The topological polar surface area (TPSA) is 41.6 Å². The zero-order chi connectivity index (χ0) is 26.1. The second-order valence-electron chi connectivity index (χ2n) is 9.53. The molecule has 192 valence electrons. The molecular weight excluding hydrogens is 489 g/mol. The first kappa shape index (κ1) is 26.3. The SMILES string of the molecule is CNC(=O)C1(Cc2ccccc2)C=CC(OC)(C2CCN(c3ccc(Cl)cc3C)C2)C(C(F)(F)F)=C1. The molecule has 0 radical (unpaired) electrons. The normalized spacial score (nSPS) is 26.1. The van der Waals surface area contributed by atoms with Gasteiger partial charge in [-0.2, -0.15) is 13.2 Å². The Morgan fingerprint density at radius 2 is 1.92 bits per heavy atom. The molecule has 2 aliphatic rings. The molecule has 1 heterocycles. The highest BCUT2D eigenvalue weighted by Gasteiger charge is 2.57. The van der Waals surface area contributed by atoms with Crippen LogP contribution in [0.25, 0.3) is 0 Å². The standard InChI is InChI=1S/C28H30ClF3N2O2/c1-19-15-22(29)9-10-23(19)34-14-11-21(18-34)27(36-3)13-12-26(25(35)33-2,17-24(27)28(30,31)32)16-20-7-5-4-6-8-20/h4-10,12-13,15,17,21H,11,14,16,18H2,1-3H3,(H,33,35). The molecule has 0 bridgehead atoms. The number of anilines is 1. The summed E-state index contributed by atoms with van der Waals surface area (Å²) in [6.07, 6.45) is 0.0486. The van der Waals surface area contributed by atoms with Crippen molar-refractivity contribution in [3.05, 3.63) is 88.5 Å². The first-order valence-electron chi connectivity index (χ1n) is 11.9. The minimum atomic E-state index is -4.69. The van der Waals surface area contributed by atoms with Gasteiger partial charge in [0.25, 0.3) is 0 Å². The minimum Gasteiger partial charge on any atom is -0.371 e. The smallest absolute Gasteiger partial charge is 0.371 e. The fourth-order valence-electron chi connectivity index (χ4n) is 5.59. The number of hydrogen-bond donors (Lipinski definition) is 1. The molecule has 1 amide bonds. The maximum absolute atomic E-state index is 14.7. The maximum atomic E-state index is 14.7. The van der Waals surface area contributed by atoms with E-state index in [9.17, 15) is 18.0 Å². The Hall–Kier alpha value is -2.77. The number of aryl methyl sites for hydroxylation is 1. The van der Waals surface area contributed by atoms with Crippen molar-refractivity contribution in [1.29, 1.82) is 0 Å². The van der Waals surface area contributed by atoms with Crippen LogP contribution in [-0.2, 0) is 16.0 Å². The first-order chi connectivity index (χ1) is 17.0. The third kappa shape index (κ3) is 4.78. The monoisotopic (exact) mass is 518 g/mol. The average Bonchev–Trinajstić information content (AvgIpc) is 3.34. The second-order valence-corrected chi connectivity index (χ2v) is 9.97. The van der Waals surface area contributed by atoms with Gasteiger partial charge >= 0.3 is 6.18 Å². The van der Waals surface area contributed by atoms with Crippen molar-refractivity contribution < 1.29 is 22.7 Å². The van der Waals surface area contributed by atoms with Crippen molar-refractivity contribution in [2.45, 2.75) is 31.5 Å². The van der Waals surface area contributed by atoms with Crippen LogP contribution in [-0.4, -0.2) is 44.9 Å². The van der Waals surface area contributed by atoms with Gasteiger partial charge in [-0.3, -0.25) is 4.79 Å². The van der Waals surface area contributed by atoms with Crippen LogP contribution < -0.4 is 10.2 Å². The number of alkyl halides is 3. The van der Waals surface area contributed by atoms with E-state index in [-0.39, 0.29) is 6.42 Å². The zero-order valence-corrected chi connectivity index (χ0v) is 21.3. The molecule has 1 fully saturated rings. The molecule has 2 aromatic carbocycles. The number of nitrogens with zero attached hydrogens (tertiary/aromatic N) is 1. The number of nitrogens with one attached hydrogen (secondary N) is 1. The van der Waals surface area contributed by atoms with E-state index < -0.39 is 34.6 Å². The number of carbonyl (C=O) groups is 1. The third-order valence-electron chi connectivity index (χ3n) is 7.38. The predicted octanol–water partition coefficient (Wildman–Crippen LogP) is 5.89. The van der Waals surface area contributed by atoms with Crippen LogP contribution in [0.3, 0.4) is 0 Å². The minimum absolute atomic E-state index is 0.101. The van der Waals surface area contributed by atoms with Gasteiger partial charge < -0.3 is 15.0 Å². The second kappa shape index (κ2) is 9.94. The van der Waals surface area contributed by atoms with E-state index in [2.05, 4.69) is 10.2 Å². The van der Waals surface area contributed by atoms with Crippen LogP contribution in [0.15, 0.2) is 72.3 Å². The van der Waals surface area contributed by atoms with Crippen LogP contribution >= 0.6 is 11.6 Å². The van der Waals surface area contributed by atoms with E-state index in [1.807, 2.05) is 25.1 Å². The molecule has 0 saturated carbocycles. The molecule has 3 unspecified atom stereocenters. The van der Waals surface area contributed by atoms with Gasteiger partial charge in [0, 0.05) is 43.9 Å². The van der Waals surface area contributed by atoms with Gasteiger partial charge in [-0.25, -0.2) is 0 Å². The van der Waals surface area contributed by atoms with E-state index >= 15 is 0 Å². The lowest BCUT2D eigenvalue weighted by Gasteiger charge is -2.43. The van der Waals surface area contributed by atoms with Crippen molar-refractivity contribution in [2.24, 2.45) is 11.3 Å². The summed E-state index contributed by atoms with van der Waals surface area (Å²) >= 11 is 6.10. The number of hydrogen-bond acceptors (Lipinski definition) is 3. The Morgan fingerprint density at radius 3 is 2.53 bits per heavy atom. The summed E-state index contributed by atoms with van der Waals surface area (Å²) in [5.74, 6) is -0.972. The molecule has 2 aromatic rings. The third-order valence-corrected chi connectivity index (χ3v) is 7.61. The first-order valence-corrected chi connectivity index (χ1v) is 12.3. The summed E-state index contributed by atoms with van der Waals surface area (Å²) in [4.78, 5) is 15.1. The quantitative estimate of drug-likeness (QED) is 0.485. The van der Waals surface area contributed by atoms with Crippen molar-refractivity contribution in [2.75, 3.05) is 32.1 Å². The van der Waals surface area contributed by atoms with Gasteiger partial charge in [-0.05, 0) is 49.1 Å². The molecule has 1 saturated heterocycles. The average molecular weight is 519 g/mol. The van der Waals surface area contributed by atoms with Gasteiger partial charge in [0.1, 0.15) is 5.60 Å². The van der Waals surface area contributed by atoms with Crippen LogP contribution in [0, 0.1) is 18.3 Å². The number of rotatable bonds is 6. The number of carbonyl (C=O) groups excluding carboxylic acids is 1. The van der Waals surface area contributed by atoms with Gasteiger partial charge in [0.15, 0.2) is 0 Å². The molecule has 0 aromatic heterocycles. The Labute approximate surface area is 214 Å². The highest BCUT2D eigenvalue weighted by molar-refractivity contribution is 6.30. The predicted molar refractivity (Wildman–Crippen MR) is 136 cm³/mol. The van der Waals surface area contributed by atoms with Crippen LogP contribution in [0.2, 0.25) is 5.02 Å². The lowest BCUT2D eigenvalue weighted by molar-refractivity contribution is -0.132.